The van der Waals surface area contributed by atoms with Crippen LogP contribution < -0.4 is 10.2 Å². The van der Waals surface area contributed by atoms with Crippen molar-refractivity contribution in [2.24, 2.45) is 0 Å². The van der Waals surface area contributed by atoms with Crippen molar-refractivity contribution < 1.29 is 24.2 Å². The van der Waals surface area contributed by atoms with E-state index in [1.54, 1.807) is 31.2 Å². The average molecular weight is 397 g/mol. The van der Waals surface area contributed by atoms with Gasteiger partial charge in [-0.2, -0.15) is 0 Å². The van der Waals surface area contributed by atoms with Gasteiger partial charge in [-0.05, 0) is 42.5 Å². The summed E-state index contributed by atoms with van der Waals surface area (Å²) in [6, 6.07) is 7.96. The third-order valence-corrected chi connectivity index (χ3v) is 4.84. The molecule has 3 aromatic rings. The van der Waals surface area contributed by atoms with Crippen LogP contribution in [0.1, 0.15) is 34.4 Å². The highest BCUT2D eigenvalue weighted by Gasteiger charge is 2.12. The summed E-state index contributed by atoms with van der Waals surface area (Å²) in [6.07, 6.45) is 1.95. The average Bonchev–Trinajstić information content (AvgIpc) is 3.30. The number of aromatic nitrogens is 3. The molecule has 9 heteroatoms. The molecular weight excluding hydrogens is 382 g/mol. The Morgan fingerprint density at radius 1 is 1.25 bits per heavy atom. The minimum atomic E-state index is -1.39. The van der Waals surface area contributed by atoms with Gasteiger partial charge in [-0.3, -0.25) is 5.10 Å². The fourth-order valence-electron chi connectivity index (χ4n) is 2.54. The van der Waals surface area contributed by atoms with Crippen molar-refractivity contribution in [3.05, 3.63) is 57.9 Å². The largest absolute Gasteiger partial charge is 0.545 e. The number of aromatic amines is 1. The second kappa shape index (κ2) is 8.13. The summed E-state index contributed by atoms with van der Waals surface area (Å²) in [5.74, 6) is -1.35. The topological polar surface area (TPSA) is 135 Å². The predicted octanol–water partition coefficient (Wildman–Crippen LogP) is 1.18. The number of nitrogens with zero attached hydrogens (tertiary/aromatic N) is 2. The number of carboxylic acids is 2. The summed E-state index contributed by atoms with van der Waals surface area (Å²) >= 11 is 0.842. The van der Waals surface area contributed by atoms with Crippen LogP contribution in [0.3, 0.4) is 0 Å². The number of carbonyl (C=O) groups excluding carboxylic acids is 2. The highest BCUT2D eigenvalue weighted by Crippen LogP contribution is 2.30. The molecule has 0 unspecified atom stereocenters. The Labute approximate surface area is 164 Å². The lowest BCUT2D eigenvalue weighted by Crippen LogP contribution is -2.23. The highest BCUT2D eigenvalue weighted by atomic mass is 32.2. The Morgan fingerprint density at radius 2 is 2.04 bits per heavy atom. The second-order valence-corrected chi connectivity index (χ2v) is 6.79. The molecule has 0 aliphatic carbocycles. The molecule has 1 N–H and O–H groups in total. The molecule has 144 valence electrons. The first-order chi connectivity index (χ1) is 13.4. The first kappa shape index (κ1) is 19.4. The smallest absolute Gasteiger partial charge is 0.213 e. The predicted molar refractivity (Wildman–Crippen MR) is 97.8 cm³/mol. The number of benzene rings is 1. The van der Waals surface area contributed by atoms with Gasteiger partial charge in [0.2, 0.25) is 5.16 Å². The standard InChI is InChI=1S/C19H17N3O5S/c1-3-16-20-19(22-21-16)28-15(18(25)26)9-11-7-8-14(27-11)12-5-4-6-13(10(12)2)17(23)24/h4-9H,3H2,1-2H3,(H,23,24)(H,25,26)(H,20,21,22)/p-2/b15-9-. The SMILES string of the molecule is CCc1nc(S/C(=C\c2ccc(-c3cccc(C(=O)[O-])c3C)o2)C(=O)[O-])n[nH]1. The first-order valence-corrected chi connectivity index (χ1v) is 9.14. The summed E-state index contributed by atoms with van der Waals surface area (Å²) in [6.45, 7) is 3.54. The lowest BCUT2D eigenvalue weighted by Gasteiger charge is -2.10. The van der Waals surface area contributed by atoms with Crippen molar-refractivity contribution >= 4 is 29.8 Å². The number of H-pyrrole nitrogens is 1. The van der Waals surface area contributed by atoms with Crippen molar-refractivity contribution in [2.75, 3.05) is 0 Å². The fourth-order valence-corrected chi connectivity index (χ4v) is 3.24. The number of hydrogen-bond acceptors (Lipinski definition) is 8. The molecule has 0 atom stereocenters. The van der Waals surface area contributed by atoms with Crippen molar-refractivity contribution in [3.8, 4) is 11.3 Å². The van der Waals surface area contributed by atoms with Gasteiger partial charge in [-0.15, -0.1) is 5.10 Å². The van der Waals surface area contributed by atoms with Crippen LogP contribution >= 0.6 is 11.8 Å². The van der Waals surface area contributed by atoms with Crippen LogP contribution in [-0.2, 0) is 11.2 Å². The molecule has 1 aromatic carbocycles. The van der Waals surface area contributed by atoms with Crippen LogP contribution in [-0.4, -0.2) is 27.1 Å². The molecule has 0 aliphatic rings. The van der Waals surface area contributed by atoms with Gasteiger partial charge in [0, 0.05) is 22.5 Å². The molecule has 3 rings (SSSR count). The molecule has 2 heterocycles. The third kappa shape index (κ3) is 4.15. The van der Waals surface area contributed by atoms with Gasteiger partial charge in [0.15, 0.2) is 0 Å². The van der Waals surface area contributed by atoms with Crippen LogP contribution in [0.4, 0.5) is 0 Å². The van der Waals surface area contributed by atoms with E-state index in [4.69, 9.17) is 4.42 Å². The number of aryl methyl sites for hydroxylation is 1. The first-order valence-electron chi connectivity index (χ1n) is 8.32. The molecule has 0 aliphatic heterocycles. The monoisotopic (exact) mass is 397 g/mol. The number of aliphatic carboxylic acids is 1. The second-order valence-electron chi connectivity index (χ2n) is 5.78. The summed E-state index contributed by atoms with van der Waals surface area (Å²) in [5, 5.41) is 29.6. The van der Waals surface area contributed by atoms with E-state index in [1.165, 1.54) is 12.1 Å². The van der Waals surface area contributed by atoms with Gasteiger partial charge >= 0.3 is 0 Å². The van der Waals surface area contributed by atoms with E-state index in [1.807, 2.05) is 6.92 Å². The Hall–Kier alpha value is -3.33. The molecule has 0 saturated heterocycles. The van der Waals surface area contributed by atoms with Crippen molar-refractivity contribution in [2.45, 2.75) is 25.4 Å². The maximum Gasteiger partial charge on any atom is 0.213 e. The Balaban J connectivity index is 1.90. The normalized spacial score (nSPS) is 11.6. The number of nitrogens with one attached hydrogen (secondary N) is 1. The Kier molecular flexibility index (Phi) is 5.65. The fraction of sp³-hybridized carbons (Fsp3) is 0.158. The van der Waals surface area contributed by atoms with E-state index in [0.717, 1.165) is 11.8 Å². The van der Waals surface area contributed by atoms with E-state index in [9.17, 15) is 19.8 Å². The molecule has 0 spiro atoms. The van der Waals surface area contributed by atoms with E-state index < -0.39 is 11.9 Å². The minimum absolute atomic E-state index is 0.0632. The maximum atomic E-state index is 11.5. The molecule has 0 radical (unpaired) electrons. The van der Waals surface area contributed by atoms with Crippen LogP contribution in [0.2, 0.25) is 0 Å². The van der Waals surface area contributed by atoms with Crippen molar-refractivity contribution in [1.82, 2.24) is 15.2 Å². The minimum Gasteiger partial charge on any atom is -0.545 e. The van der Waals surface area contributed by atoms with Gasteiger partial charge in [0.1, 0.15) is 17.3 Å². The van der Waals surface area contributed by atoms with Gasteiger partial charge in [0.05, 0.1) is 11.9 Å². The van der Waals surface area contributed by atoms with E-state index in [2.05, 4.69) is 15.2 Å². The third-order valence-electron chi connectivity index (χ3n) is 3.97. The zero-order valence-corrected chi connectivity index (χ0v) is 15.8. The highest BCUT2D eigenvalue weighted by molar-refractivity contribution is 8.04. The van der Waals surface area contributed by atoms with Gasteiger partial charge in [0.25, 0.3) is 0 Å². The molecule has 8 nitrogen and oxygen atoms in total. The number of rotatable bonds is 7. The molecule has 0 amide bonds. The van der Waals surface area contributed by atoms with Crippen LogP contribution in [0.25, 0.3) is 17.4 Å². The summed E-state index contributed by atoms with van der Waals surface area (Å²) in [5.41, 5.74) is 1.13. The van der Waals surface area contributed by atoms with E-state index in [0.29, 0.717) is 29.1 Å². The van der Waals surface area contributed by atoms with E-state index in [-0.39, 0.29) is 21.4 Å². The molecular formula is C19H15N3O5S-2. The summed E-state index contributed by atoms with van der Waals surface area (Å²) in [4.78, 5) is 26.7. The summed E-state index contributed by atoms with van der Waals surface area (Å²) in [7, 11) is 0. The number of furan rings is 1. The molecule has 2 aromatic heterocycles. The number of thioether (sulfide) groups is 1. The van der Waals surface area contributed by atoms with Gasteiger partial charge < -0.3 is 24.2 Å². The Bertz CT molecular complexity index is 1070. The molecule has 0 fully saturated rings. The zero-order chi connectivity index (χ0) is 20.3. The maximum absolute atomic E-state index is 11.5. The summed E-state index contributed by atoms with van der Waals surface area (Å²) < 4.78 is 5.69. The van der Waals surface area contributed by atoms with E-state index >= 15 is 0 Å². The molecule has 0 bridgehead atoms. The lowest BCUT2D eigenvalue weighted by molar-refractivity contribution is -0.298. The van der Waals surface area contributed by atoms with Crippen LogP contribution in [0.15, 0.2) is 44.8 Å². The van der Waals surface area contributed by atoms with Crippen molar-refractivity contribution in [3.63, 3.8) is 0 Å². The van der Waals surface area contributed by atoms with Crippen LogP contribution in [0, 0.1) is 6.92 Å². The number of hydrogen-bond donors (Lipinski definition) is 1. The molecule has 0 saturated carbocycles. The number of carboxylic acid groups (broad SMARTS) is 2. The quantitative estimate of drug-likeness (QED) is 0.464. The Morgan fingerprint density at radius 3 is 2.68 bits per heavy atom. The molecule has 28 heavy (non-hydrogen) atoms. The van der Waals surface area contributed by atoms with Crippen LogP contribution in [0.5, 0.6) is 0 Å². The van der Waals surface area contributed by atoms with Gasteiger partial charge in [-0.25, -0.2) is 4.98 Å². The lowest BCUT2D eigenvalue weighted by atomic mass is 10.0. The van der Waals surface area contributed by atoms with Crippen molar-refractivity contribution in [1.29, 1.82) is 0 Å². The zero-order valence-electron chi connectivity index (χ0n) is 15.0. The number of carbonyl (C=O) groups is 2. The van der Waals surface area contributed by atoms with Gasteiger partial charge in [-0.1, -0.05) is 25.1 Å². The number of aromatic carboxylic acids is 1.